The van der Waals surface area contributed by atoms with E-state index in [2.05, 4.69) is 12.2 Å². The van der Waals surface area contributed by atoms with Crippen LogP contribution in [0, 0.1) is 5.92 Å². The van der Waals surface area contributed by atoms with E-state index in [1.807, 2.05) is 0 Å². The molecule has 0 spiro atoms. The molecular weight excluding hydrogens is 214 g/mol. The molecule has 17 heavy (non-hydrogen) atoms. The molecule has 0 aromatic rings. The van der Waals surface area contributed by atoms with Gasteiger partial charge < -0.3 is 10.4 Å². The number of carboxylic acids is 1. The molecule has 0 amide bonds. The van der Waals surface area contributed by atoms with Crippen LogP contribution < -0.4 is 5.32 Å². The number of carbonyl (C=O) groups is 1. The largest absolute Gasteiger partial charge is 0.481 e. The van der Waals surface area contributed by atoms with E-state index in [-0.39, 0.29) is 0 Å². The summed E-state index contributed by atoms with van der Waals surface area (Å²) in [6.45, 7) is 3.25. The van der Waals surface area contributed by atoms with Gasteiger partial charge in [-0.1, -0.05) is 25.7 Å². The lowest BCUT2D eigenvalue weighted by Crippen LogP contribution is -2.34. The van der Waals surface area contributed by atoms with Gasteiger partial charge in [-0.05, 0) is 45.1 Å². The van der Waals surface area contributed by atoms with Crippen LogP contribution in [0.3, 0.4) is 0 Å². The zero-order valence-electron chi connectivity index (χ0n) is 11.1. The summed E-state index contributed by atoms with van der Waals surface area (Å²) in [6, 6.07) is 0.595. The Balaban J connectivity index is 2.06. The van der Waals surface area contributed by atoms with Gasteiger partial charge in [0.15, 0.2) is 0 Å². The summed E-state index contributed by atoms with van der Waals surface area (Å²) < 4.78 is 0. The summed E-state index contributed by atoms with van der Waals surface area (Å²) in [5.41, 5.74) is 0. The van der Waals surface area contributed by atoms with Crippen LogP contribution in [0.2, 0.25) is 0 Å². The zero-order valence-corrected chi connectivity index (χ0v) is 11.1. The summed E-state index contributed by atoms with van der Waals surface area (Å²) in [5, 5.41) is 12.1. The number of hydrogen-bond acceptors (Lipinski definition) is 2. The van der Waals surface area contributed by atoms with Gasteiger partial charge in [0.2, 0.25) is 0 Å². The lowest BCUT2D eigenvalue weighted by molar-refractivity contribution is -0.137. The molecule has 1 saturated carbocycles. The van der Waals surface area contributed by atoms with Gasteiger partial charge in [0.1, 0.15) is 0 Å². The van der Waals surface area contributed by atoms with E-state index >= 15 is 0 Å². The first-order valence-electron chi connectivity index (χ1n) is 7.15. The van der Waals surface area contributed by atoms with Gasteiger partial charge in [-0.15, -0.1) is 0 Å². The maximum absolute atomic E-state index is 10.4. The minimum atomic E-state index is -0.679. The molecule has 1 fully saturated rings. The summed E-state index contributed by atoms with van der Waals surface area (Å²) in [5.74, 6) is 0.152. The molecule has 0 aromatic heterocycles. The molecule has 0 radical (unpaired) electrons. The Bertz CT molecular complexity index is 210. The van der Waals surface area contributed by atoms with Crippen molar-refractivity contribution in [3.63, 3.8) is 0 Å². The van der Waals surface area contributed by atoms with Crippen molar-refractivity contribution in [3.8, 4) is 0 Å². The Kier molecular flexibility index (Phi) is 7.25. The Morgan fingerprint density at radius 1 is 1.24 bits per heavy atom. The lowest BCUT2D eigenvalue weighted by atomic mass is 9.93. The number of carboxylic acid groups (broad SMARTS) is 1. The van der Waals surface area contributed by atoms with E-state index < -0.39 is 5.97 Å². The monoisotopic (exact) mass is 241 g/mol. The first-order chi connectivity index (χ1) is 8.20. The standard InChI is InChI=1S/C14H27NO2/c1-12(13-8-4-2-3-5-9-13)15-11-7-6-10-14(16)17/h12-13,15H,2-11H2,1H3,(H,16,17)/t12-/m0/s1. The van der Waals surface area contributed by atoms with Crippen molar-refractivity contribution in [1.82, 2.24) is 5.32 Å². The summed E-state index contributed by atoms with van der Waals surface area (Å²) in [4.78, 5) is 10.4. The molecule has 0 aliphatic heterocycles. The minimum Gasteiger partial charge on any atom is -0.481 e. The van der Waals surface area contributed by atoms with Gasteiger partial charge >= 0.3 is 5.97 Å². The SMILES string of the molecule is C[C@H](NCCCCC(=O)O)C1CCCCCC1. The highest BCUT2D eigenvalue weighted by Crippen LogP contribution is 2.25. The van der Waals surface area contributed by atoms with Crippen LogP contribution in [0.25, 0.3) is 0 Å². The summed E-state index contributed by atoms with van der Waals surface area (Å²) in [6.07, 6.45) is 10.4. The van der Waals surface area contributed by atoms with E-state index in [9.17, 15) is 4.79 Å². The molecule has 3 nitrogen and oxygen atoms in total. The second-order valence-electron chi connectivity index (χ2n) is 5.35. The molecule has 0 heterocycles. The van der Waals surface area contributed by atoms with Crippen LogP contribution in [-0.4, -0.2) is 23.7 Å². The maximum atomic E-state index is 10.4. The number of hydrogen-bond donors (Lipinski definition) is 2. The van der Waals surface area contributed by atoms with Gasteiger partial charge in [0, 0.05) is 12.5 Å². The fourth-order valence-corrected chi connectivity index (χ4v) is 2.71. The molecule has 1 atom stereocenters. The van der Waals surface area contributed by atoms with Crippen molar-refractivity contribution in [2.24, 2.45) is 5.92 Å². The fraction of sp³-hybridized carbons (Fsp3) is 0.929. The molecule has 2 N–H and O–H groups in total. The highest BCUT2D eigenvalue weighted by molar-refractivity contribution is 5.66. The number of nitrogens with one attached hydrogen (secondary N) is 1. The first-order valence-corrected chi connectivity index (χ1v) is 7.15. The molecule has 0 saturated heterocycles. The number of rotatable bonds is 7. The molecule has 0 aromatic carbocycles. The Morgan fingerprint density at radius 3 is 2.47 bits per heavy atom. The molecule has 3 heteroatoms. The smallest absolute Gasteiger partial charge is 0.303 e. The van der Waals surface area contributed by atoms with Crippen molar-refractivity contribution >= 4 is 5.97 Å². The molecule has 1 aliphatic rings. The zero-order chi connectivity index (χ0) is 12.5. The molecule has 1 rings (SSSR count). The molecular formula is C14H27NO2. The second-order valence-corrected chi connectivity index (χ2v) is 5.35. The van der Waals surface area contributed by atoms with Crippen molar-refractivity contribution in [3.05, 3.63) is 0 Å². The minimum absolute atomic E-state index is 0.305. The van der Waals surface area contributed by atoms with Gasteiger partial charge in [-0.2, -0.15) is 0 Å². The average molecular weight is 241 g/mol. The van der Waals surface area contributed by atoms with Crippen molar-refractivity contribution in [1.29, 1.82) is 0 Å². The Morgan fingerprint density at radius 2 is 1.88 bits per heavy atom. The Hall–Kier alpha value is -0.570. The van der Waals surface area contributed by atoms with Crippen LogP contribution in [0.5, 0.6) is 0 Å². The van der Waals surface area contributed by atoms with Gasteiger partial charge in [0.05, 0.1) is 0 Å². The van der Waals surface area contributed by atoms with Crippen LogP contribution in [0.15, 0.2) is 0 Å². The third-order valence-corrected chi connectivity index (χ3v) is 3.89. The predicted molar refractivity (Wildman–Crippen MR) is 70.1 cm³/mol. The van der Waals surface area contributed by atoms with E-state index in [1.165, 1.54) is 38.5 Å². The van der Waals surface area contributed by atoms with Crippen LogP contribution in [0.1, 0.15) is 64.7 Å². The van der Waals surface area contributed by atoms with Crippen LogP contribution in [-0.2, 0) is 4.79 Å². The van der Waals surface area contributed by atoms with E-state index in [1.54, 1.807) is 0 Å². The summed E-state index contributed by atoms with van der Waals surface area (Å²) >= 11 is 0. The first kappa shape index (κ1) is 14.5. The fourth-order valence-electron chi connectivity index (χ4n) is 2.71. The highest BCUT2D eigenvalue weighted by atomic mass is 16.4. The molecule has 0 unspecified atom stereocenters. The van der Waals surface area contributed by atoms with Gasteiger partial charge in [-0.25, -0.2) is 0 Å². The van der Waals surface area contributed by atoms with Gasteiger partial charge in [-0.3, -0.25) is 4.79 Å². The Labute approximate surface area is 105 Å². The number of aliphatic carboxylic acids is 1. The van der Waals surface area contributed by atoms with Crippen molar-refractivity contribution in [2.45, 2.75) is 70.8 Å². The average Bonchev–Trinajstić information content (AvgIpc) is 2.56. The summed E-state index contributed by atoms with van der Waals surface area (Å²) in [7, 11) is 0. The van der Waals surface area contributed by atoms with Crippen molar-refractivity contribution in [2.75, 3.05) is 6.54 Å². The normalized spacial score (nSPS) is 19.8. The maximum Gasteiger partial charge on any atom is 0.303 e. The molecule has 100 valence electrons. The third-order valence-electron chi connectivity index (χ3n) is 3.89. The van der Waals surface area contributed by atoms with E-state index in [4.69, 9.17) is 5.11 Å². The predicted octanol–water partition coefficient (Wildman–Crippen LogP) is 3.19. The van der Waals surface area contributed by atoms with Gasteiger partial charge in [0.25, 0.3) is 0 Å². The second kappa shape index (κ2) is 8.51. The number of unbranched alkanes of at least 4 members (excludes halogenated alkanes) is 1. The quantitative estimate of drug-likeness (QED) is 0.531. The van der Waals surface area contributed by atoms with E-state index in [0.29, 0.717) is 12.5 Å². The van der Waals surface area contributed by atoms with Crippen LogP contribution >= 0.6 is 0 Å². The van der Waals surface area contributed by atoms with E-state index in [0.717, 1.165) is 25.3 Å². The third kappa shape index (κ3) is 6.67. The van der Waals surface area contributed by atoms with Crippen molar-refractivity contribution < 1.29 is 9.90 Å². The highest BCUT2D eigenvalue weighted by Gasteiger charge is 2.18. The molecule has 1 aliphatic carbocycles. The van der Waals surface area contributed by atoms with Crippen LogP contribution in [0.4, 0.5) is 0 Å². The lowest BCUT2D eigenvalue weighted by Gasteiger charge is -2.23. The topological polar surface area (TPSA) is 49.3 Å². The molecule has 0 bridgehead atoms.